The van der Waals surface area contributed by atoms with Crippen LogP contribution in [0.2, 0.25) is 0 Å². The van der Waals surface area contributed by atoms with E-state index < -0.39 is 0 Å². The lowest BCUT2D eigenvalue weighted by Gasteiger charge is -2.34. The average molecular weight is 327 g/mol. The quantitative estimate of drug-likeness (QED) is 0.866. The highest BCUT2D eigenvalue weighted by Gasteiger charge is 2.40. The van der Waals surface area contributed by atoms with Gasteiger partial charge >= 0.3 is 0 Å². The largest absolute Gasteiger partial charge is 0.334 e. The van der Waals surface area contributed by atoms with Gasteiger partial charge in [-0.25, -0.2) is 9.50 Å². The number of likely N-dealkylation sites (tertiary alicyclic amines) is 2. The second-order valence-electron chi connectivity index (χ2n) is 6.94. The Bertz CT molecular complexity index is 755. The van der Waals surface area contributed by atoms with Crippen molar-refractivity contribution in [1.82, 2.24) is 24.4 Å². The molecule has 2 aliphatic heterocycles. The number of hydrogen-bond donors (Lipinski definition) is 0. The fraction of sp³-hybridized carbons (Fsp3) is 0.611. The fourth-order valence-electron chi connectivity index (χ4n) is 4.39. The number of amides is 1. The third-order valence-corrected chi connectivity index (χ3v) is 5.56. The summed E-state index contributed by atoms with van der Waals surface area (Å²) in [6.45, 7) is 7.24. The van der Waals surface area contributed by atoms with Gasteiger partial charge in [0.1, 0.15) is 5.56 Å². The van der Waals surface area contributed by atoms with Gasteiger partial charge in [-0.2, -0.15) is 5.10 Å². The van der Waals surface area contributed by atoms with Gasteiger partial charge in [-0.1, -0.05) is 6.92 Å². The molecule has 2 saturated heterocycles. The minimum absolute atomic E-state index is 0.0913. The maximum atomic E-state index is 13.2. The van der Waals surface area contributed by atoms with Gasteiger partial charge in [0.15, 0.2) is 5.65 Å². The van der Waals surface area contributed by atoms with Gasteiger partial charge < -0.3 is 4.90 Å². The predicted octanol–water partition coefficient (Wildman–Crippen LogP) is 2.13. The van der Waals surface area contributed by atoms with Crippen LogP contribution in [0.3, 0.4) is 0 Å². The van der Waals surface area contributed by atoms with E-state index in [1.54, 1.807) is 10.7 Å². The Morgan fingerprint density at radius 3 is 2.88 bits per heavy atom. The number of aromatic nitrogens is 3. The third-order valence-electron chi connectivity index (χ3n) is 5.56. The van der Waals surface area contributed by atoms with Gasteiger partial charge in [0.2, 0.25) is 0 Å². The summed E-state index contributed by atoms with van der Waals surface area (Å²) < 4.78 is 1.69. The molecule has 1 amide bonds. The minimum Gasteiger partial charge on any atom is -0.334 e. The highest BCUT2D eigenvalue weighted by molar-refractivity contribution is 6.00. The molecule has 0 N–H and O–H groups in total. The summed E-state index contributed by atoms with van der Waals surface area (Å²) >= 11 is 0. The Balaban J connectivity index is 1.64. The van der Waals surface area contributed by atoms with Crippen molar-refractivity contribution in [2.45, 2.75) is 51.6 Å². The molecule has 6 heteroatoms. The van der Waals surface area contributed by atoms with Crippen LogP contribution < -0.4 is 0 Å². The van der Waals surface area contributed by atoms with Crippen LogP contribution >= 0.6 is 0 Å². The molecule has 128 valence electrons. The zero-order chi connectivity index (χ0) is 16.7. The van der Waals surface area contributed by atoms with E-state index >= 15 is 0 Å². The SMILES string of the molecule is CCN1CCCC1C1CCCN1C(=O)c1cnn2ccc(C)nc12. The van der Waals surface area contributed by atoms with Crippen LogP contribution in [0.5, 0.6) is 0 Å². The Morgan fingerprint density at radius 1 is 1.25 bits per heavy atom. The number of carbonyl (C=O) groups is 1. The van der Waals surface area contributed by atoms with Crippen LogP contribution in [0.25, 0.3) is 5.65 Å². The Morgan fingerprint density at radius 2 is 2.04 bits per heavy atom. The molecular weight excluding hydrogens is 302 g/mol. The van der Waals surface area contributed by atoms with Crippen LogP contribution in [0.4, 0.5) is 0 Å². The van der Waals surface area contributed by atoms with E-state index in [1.165, 1.54) is 12.8 Å². The van der Waals surface area contributed by atoms with Gasteiger partial charge in [-0.15, -0.1) is 0 Å². The molecule has 2 aromatic heterocycles. The fourth-order valence-corrected chi connectivity index (χ4v) is 4.39. The molecule has 2 atom stereocenters. The molecule has 0 aliphatic carbocycles. The Hall–Kier alpha value is -1.95. The third kappa shape index (κ3) is 2.49. The lowest BCUT2D eigenvalue weighted by atomic mass is 10.0. The van der Waals surface area contributed by atoms with Crippen LogP contribution in [-0.2, 0) is 0 Å². The van der Waals surface area contributed by atoms with Crippen molar-refractivity contribution in [1.29, 1.82) is 0 Å². The molecule has 0 aromatic carbocycles. The smallest absolute Gasteiger partial charge is 0.259 e. The predicted molar refractivity (Wildman–Crippen MR) is 92.1 cm³/mol. The minimum atomic E-state index is 0.0913. The zero-order valence-electron chi connectivity index (χ0n) is 14.5. The topological polar surface area (TPSA) is 53.7 Å². The monoisotopic (exact) mass is 327 g/mol. The summed E-state index contributed by atoms with van der Waals surface area (Å²) in [4.78, 5) is 22.4. The number of hydrogen-bond acceptors (Lipinski definition) is 4. The second kappa shape index (κ2) is 6.16. The molecule has 0 spiro atoms. The van der Waals surface area contributed by atoms with Gasteiger partial charge in [-0.05, 0) is 51.8 Å². The zero-order valence-corrected chi connectivity index (χ0v) is 14.5. The molecule has 4 rings (SSSR count). The number of aryl methyl sites for hydroxylation is 1. The van der Waals surface area contributed by atoms with E-state index in [0.717, 1.165) is 38.2 Å². The second-order valence-corrected chi connectivity index (χ2v) is 6.94. The van der Waals surface area contributed by atoms with Crippen LogP contribution in [0.1, 0.15) is 48.7 Å². The summed E-state index contributed by atoms with van der Waals surface area (Å²) in [6.07, 6.45) is 8.19. The van der Waals surface area contributed by atoms with E-state index in [2.05, 4.69) is 26.8 Å². The van der Waals surface area contributed by atoms with Crippen molar-refractivity contribution < 1.29 is 4.79 Å². The molecule has 2 fully saturated rings. The van der Waals surface area contributed by atoms with Crippen molar-refractivity contribution in [3.05, 3.63) is 29.7 Å². The molecule has 24 heavy (non-hydrogen) atoms. The Labute approximate surface area is 142 Å². The summed E-state index contributed by atoms with van der Waals surface area (Å²) in [5.74, 6) is 0.0913. The van der Waals surface area contributed by atoms with Crippen molar-refractivity contribution in [2.24, 2.45) is 0 Å². The van der Waals surface area contributed by atoms with Gasteiger partial charge in [-0.3, -0.25) is 9.69 Å². The molecule has 0 bridgehead atoms. The van der Waals surface area contributed by atoms with E-state index in [9.17, 15) is 4.79 Å². The number of likely N-dealkylation sites (N-methyl/N-ethyl adjacent to an activating group) is 1. The number of rotatable bonds is 3. The molecule has 2 unspecified atom stereocenters. The van der Waals surface area contributed by atoms with Crippen LogP contribution in [-0.4, -0.2) is 62.0 Å². The highest BCUT2D eigenvalue weighted by Crippen LogP contribution is 2.31. The lowest BCUT2D eigenvalue weighted by molar-refractivity contribution is 0.0651. The molecular formula is C18H25N5O. The molecule has 4 heterocycles. The van der Waals surface area contributed by atoms with Crippen LogP contribution in [0, 0.1) is 6.92 Å². The number of carbonyl (C=O) groups excluding carboxylic acids is 1. The number of fused-ring (bicyclic) bond motifs is 1. The average Bonchev–Trinajstić information content (AvgIpc) is 3.31. The number of nitrogens with zero attached hydrogens (tertiary/aromatic N) is 5. The summed E-state index contributed by atoms with van der Waals surface area (Å²) in [6, 6.07) is 2.75. The Kier molecular flexibility index (Phi) is 4.00. The van der Waals surface area contributed by atoms with Gasteiger partial charge in [0.05, 0.1) is 6.20 Å². The van der Waals surface area contributed by atoms with Crippen molar-refractivity contribution in [3.63, 3.8) is 0 Å². The summed E-state index contributed by atoms with van der Waals surface area (Å²) in [7, 11) is 0. The van der Waals surface area contributed by atoms with Gasteiger partial charge in [0, 0.05) is 30.5 Å². The van der Waals surface area contributed by atoms with E-state index in [4.69, 9.17) is 0 Å². The maximum Gasteiger partial charge on any atom is 0.259 e. The normalized spacial score (nSPS) is 25.0. The first-order chi connectivity index (χ1) is 11.7. The maximum absolute atomic E-state index is 13.2. The van der Waals surface area contributed by atoms with E-state index in [0.29, 0.717) is 23.3 Å². The molecule has 6 nitrogen and oxygen atoms in total. The van der Waals surface area contributed by atoms with Crippen molar-refractivity contribution >= 4 is 11.6 Å². The van der Waals surface area contributed by atoms with Crippen LogP contribution in [0.15, 0.2) is 18.5 Å². The summed E-state index contributed by atoms with van der Waals surface area (Å²) in [5, 5.41) is 4.30. The molecule has 0 radical (unpaired) electrons. The first-order valence-electron chi connectivity index (χ1n) is 9.05. The standard InChI is InChI=1S/C18H25N5O/c1-3-21-9-4-6-15(21)16-7-5-10-22(16)18(24)14-12-19-23-11-8-13(2)20-17(14)23/h8,11-12,15-16H,3-7,9-10H2,1-2H3. The summed E-state index contributed by atoms with van der Waals surface area (Å²) in [5.41, 5.74) is 2.21. The van der Waals surface area contributed by atoms with E-state index in [1.807, 2.05) is 19.2 Å². The van der Waals surface area contributed by atoms with Crippen molar-refractivity contribution in [2.75, 3.05) is 19.6 Å². The highest BCUT2D eigenvalue weighted by atomic mass is 16.2. The van der Waals surface area contributed by atoms with Crippen molar-refractivity contribution in [3.8, 4) is 0 Å². The first-order valence-corrected chi connectivity index (χ1v) is 9.05. The molecule has 0 saturated carbocycles. The molecule has 2 aliphatic rings. The lowest BCUT2D eigenvalue weighted by Crippen LogP contribution is -2.48. The molecule has 2 aromatic rings. The first kappa shape index (κ1) is 15.6. The van der Waals surface area contributed by atoms with Gasteiger partial charge in [0.25, 0.3) is 5.91 Å². The van der Waals surface area contributed by atoms with E-state index in [-0.39, 0.29) is 5.91 Å².